The van der Waals surface area contributed by atoms with Gasteiger partial charge in [-0.05, 0) is 18.6 Å². The van der Waals surface area contributed by atoms with Crippen LogP contribution >= 0.6 is 22.7 Å². The third-order valence-corrected chi connectivity index (χ3v) is 5.97. The van der Waals surface area contributed by atoms with Crippen molar-refractivity contribution in [3.63, 3.8) is 0 Å². The molecule has 8 nitrogen and oxygen atoms in total. The van der Waals surface area contributed by atoms with Crippen molar-refractivity contribution in [2.75, 3.05) is 38.2 Å². The van der Waals surface area contributed by atoms with Crippen LogP contribution in [0.2, 0.25) is 0 Å². The maximum atomic E-state index is 9.55. The number of morpholine rings is 1. The maximum absolute atomic E-state index is 9.55. The summed E-state index contributed by atoms with van der Waals surface area (Å²) in [6.45, 7) is 8.03. The Bertz CT molecular complexity index is 812. The molecule has 0 saturated carbocycles. The van der Waals surface area contributed by atoms with Crippen LogP contribution in [0.4, 0.5) is 5.13 Å². The summed E-state index contributed by atoms with van der Waals surface area (Å²) in [5, 5.41) is 22.2. The van der Waals surface area contributed by atoms with Crippen LogP contribution in [-0.2, 0) is 20.9 Å². The summed E-state index contributed by atoms with van der Waals surface area (Å²) in [6, 6.07) is 4.43. The molecule has 3 N–H and O–H groups in total. The first-order valence-electron chi connectivity index (χ1n) is 9.70. The predicted molar refractivity (Wildman–Crippen MR) is 119 cm³/mol. The van der Waals surface area contributed by atoms with E-state index in [0.717, 1.165) is 50.2 Å². The molecule has 1 aliphatic rings. The standard InChI is InChI=1S/C16H23N3OS2.C4H4O4/c1-2-3-6-17-16-18-14(12-21-16)15-5-4-13(22-15)11-19-7-9-20-10-8-19;5-3(6)1-2-4(7)8/h4-5,12H,2-3,6-11H2,1H3,(H,17,18);1-2H,(H,5,6)(H,7,8)/b;2-1+. The van der Waals surface area contributed by atoms with Gasteiger partial charge in [0.25, 0.3) is 0 Å². The van der Waals surface area contributed by atoms with Crippen molar-refractivity contribution >= 4 is 39.7 Å². The predicted octanol–water partition coefficient (Wildman–Crippen LogP) is 3.63. The molecule has 3 heterocycles. The first-order valence-corrected chi connectivity index (χ1v) is 11.4. The number of nitrogens with zero attached hydrogens (tertiary/aromatic N) is 2. The number of thiophene rings is 1. The Balaban J connectivity index is 0.000000343. The molecule has 0 atom stereocenters. The van der Waals surface area contributed by atoms with Gasteiger partial charge in [0, 0.05) is 48.6 Å². The lowest BCUT2D eigenvalue weighted by atomic mass is 10.3. The number of carboxylic acid groups (broad SMARTS) is 2. The van der Waals surface area contributed by atoms with Crippen LogP contribution in [0.1, 0.15) is 24.6 Å². The molecule has 0 spiro atoms. The van der Waals surface area contributed by atoms with Gasteiger partial charge in [-0.3, -0.25) is 4.90 Å². The quantitative estimate of drug-likeness (QED) is 0.390. The molecule has 2 aromatic rings. The molecule has 2 aromatic heterocycles. The lowest BCUT2D eigenvalue weighted by Gasteiger charge is -2.25. The van der Waals surface area contributed by atoms with Crippen molar-refractivity contribution in [3.05, 3.63) is 34.5 Å². The van der Waals surface area contributed by atoms with E-state index in [0.29, 0.717) is 12.2 Å². The van der Waals surface area contributed by atoms with E-state index in [-0.39, 0.29) is 0 Å². The molecule has 10 heteroatoms. The zero-order valence-electron chi connectivity index (χ0n) is 16.9. The van der Waals surface area contributed by atoms with E-state index in [2.05, 4.69) is 34.7 Å². The Morgan fingerprint density at radius 3 is 2.57 bits per heavy atom. The smallest absolute Gasteiger partial charge is 0.328 e. The van der Waals surface area contributed by atoms with E-state index < -0.39 is 11.9 Å². The Kier molecular flexibility index (Phi) is 10.5. The van der Waals surface area contributed by atoms with E-state index in [1.807, 2.05) is 11.3 Å². The molecular weight excluding hydrogens is 426 g/mol. The highest BCUT2D eigenvalue weighted by molar-refractivity contribution is 7.17. The monoisotopic (exact) mass is 453 g/mol. The van der Waals surface area contributed by atoms with Crippen molar-refractivity contribution in [1.82, 2.24) is 9.88 Å². The second kappa shape index (κ2) is 13.1. The number of anilines is 1. The zero-order chi connectivity index (χ0) is 21.8. The highest BCUT2D eigenvalue weighted by Gasteiger charge is 2.13. The summed E-state index contributed by atoms with van der Waals surface area (Å²) in [5.41, 5.74) is 1.10. The normalized spacial score (nSPS) is 14.3. The van der Waals surface area contributed by atoms with E-state index in [9.17, 15) is 9.59 Å². The molecule has 164 valence electrons. The fraction of sp³-hybridized carbons (Fsp3) is 0.450. The van der Waals surface area contributed by atoms with Crippen LogP contribution in [0.25, 0.3) is 10.6 Å². The maximum Gasteiger partial charge on any atom is 0.328 e. The number of rotatable bonds is 9. The molecule has 30 heavy (non-hydrogen) atoms. The minimum Gasteiger partial charge on any atom is -0.478 e. The number of carbonyl (C=O) groups is 2. The van der Waals surface area contributed by atoms with Crippen LogP contribution in [0.3, 0.4) is 0 Å². The second-order valence-electron chi connectivity index (χ2n) is 6.48. The molecule has 1 saturated heterocycles. The summed E-state index contributed by atoms with van der Waals surface area (Å²) in [4.78, 5) is 28.9. The second-order valence-corrected chi connectivity index (χ2v) is 8.51. The van der Waals surface area contributed by atoms with E-state index in [1.165, 1.54) is 22.6 Å². The molecule has 0 unspecified atom stereocenters. The molecular formula is C20H27N3O5S2. The number of thiazole rings is 1. The lowest BCUT2D eigenvalue weighted by Crippen LogP contribution is -2.35. The van der Waals surface area contributed by atoms with Crippen LogP contribution in [-0.4, -0.2) is 64.9 Å². The lowest BCUT2D eigenvalue weighted by molar-refractivity contribution is -0.134. The summed E-state index contributed by atoms with van der Waals surface area (Å²) >= 11 is 3.55. The van der Waals surface area contributed by atoms with Gasteiger partial charge in [-0.25, -0.2) is 14.6 Å². The van der Waals surface area contributed by atoms with E-state index in [1.54, 1.807) is 11.3 Å². The number of nitrogens with one attached hydrogen (secondary N) is 1. The van der Waals surface area contributed by atoms with Crippen molar-refractivity contribution in [3.8, 4) is 10.6 Å². The molecule has 0 amide bonds. The Labute approximate surface area is 183 Å². The number of aromatic nitrogens is 1. The average molecular weight is 454 g/mol. The van der Waals surface area contributed by atoms with Crippen molar-refractivity contribution in [1.29, 1.82) is 0 Å². The third-order valence-electron chi connectivity index (χ3n) is 4.08. The molecule has 0 aliphatic carbocycles. The largest absolute Gasteiger partial charge is 0.478 e. The molecule has 3 rings (SSSR count). The molecule has 0 bridgehead atoms. The third kappa shape index (κ3) is 9.04. The Morgan fingerprint density at radius 1 is 1.23 bits per heavy atom. The summed E-state index contributed by atoms with van der Waals surface area (Å²) in [6.07, 6.45) is 3.52. The fourth-order valence-corrected chi connectivity index (χ4v) is 4.39. The van der Waals surface area contributed by atoms with Gasteiger partial charge in [-0.1, -0.05) is 13.3 Å². The number of aliphatic carboxylic acids is 2. The molecule has 1 aliphatic heterocycles. The van der Waals surface area contributed by atoms with Crippen LogP contribution in [0.5, 0.6) is 0 Å². The van der Waals surface area contributed by atoms with Crippen LogP contribution in [0, 0.1) is 0 Å². The minimum absolute atomic E-state index is 0.558. The Hall–Kier alpha value is -2.27. The number of hydrogen-bond acceptors (Lipinski definition) is 8. The van der Waals surface area contributed by atoms with Gasteiger partial charge in [-0.2, -0.15) is 0 Å². The van der Waals surface area contributed by atoms with Gasteiger partial charge in [0.2, 0.25) is 0 Å². The molecule has 0 radical (unpaired) electrons. The van der Waals surface area contributed by atoms with Gasteiger partial charge in [0.15, 0.2) is 5.13 Å². The van der Waals surface area contributed by atoms with Gasteiger partial charge >= 0.3 is 11.9 Å². The Morgan fingerprint density at radius 2 is 1.93 bits per heavy atom. The first kappa shape index (κ1) is 24.0. The summed E-state index contributed by atoms with van der Waals surface area (Å²) in [5.74, 6) is -2.51. The number of hydrogen-bond donors (Lipinski definition) is 3. The van der Waals surface area contributed by atoms with Crippen molar-refractivity contribution in [2.24, 2.45) is 0 Å². The SMILES string of the molecule is CCCCNc1nc(-c2ccc(CN3CCOCC3)s2)cs1.O=C(O)/C=C/C(=O)O. The number of unbranched alkanes of at least 4 members (excludes halogenated alkanes) is 1. The topological polar surface area (TPSA) is 112 Å². The van der Waals surface area contributed by atoms with Gasteiger partial charge in [-0.15, -0.1) is 22.7 Å². The van der Waals surface area contributed by atoms with Crippen LogP contribution < -0.4 is 5.32 Å². The van der Waals surface area contributed by atoms with Crippen LogP contribution in [0.15, 0.2) is 29.7 Å². The van der Waals surface area contributed by atoms with Crippen molar-refractivity contribution < 1.29 is 24.5 Å². The van der Waals surface area contributed by atoms with Crippen molar-refractivity contribution in [2.45, 2.75) is 26.3 Å². The van der Waals surface area contributed by atoms with E-state index >= 15 is 0 Å². The fourth-order valence-electron chi connectivity index (χ4n) is 2.56. The van der Waals surface area contributed by atoms with E-state index in [4.69, 9.17) is 19.9 Å². The summed E-state index contributed by atoms with van der Waals surface area (Å²) < 4.78 is 5.40. The number of ether oxygens (including phenoxy) is 1. The number of carboxylic acids is 2. The first-order chi connectivity index (χ1) is 14.5. The zero-order valence-corrected chi connectivity index (χ0v) is 18.5. The highest BCUT2D eigenvalue weighted by atomic mass is 32.1. The van der Waals surface area contributed by atoms with Gasteiger partial charge < -0.3 is 20.3 Å². The molecule has 1 fully saturated rings. The van der Waals surface area contributed by atoms with Gasteiger partial charge in [0.1, 0.15) is 0 Å². The molecule has 0 aromatic carbocycles. The minimum atomic E-state index is -1.26. The highest BCUT2D eigenvalue weighted by Crippen LogP contribution is 2.31. The summed E-state index contributed by atoms with van der Waals surface area (Å²) in [7, 11) is 0. The average Bonchev–Trinajstić information content (AvgIpc) is 3.37. The van der Waals surface area contributed by atoms with Gasteiger partial charge in [0.05, 0.1) is 23.8 Å².